The van der Waals surface area contributed by atoms with Gasteiger partial charge in [0.1, 0.15) is 0 Å². The molecule has 2 atom stereocenters. The SMILES string of the molecule is COc1cc([C@H]2ON=C(C(N)=O)[C@H]2C)c(OC)c2c1OCO2. The van der Waals surface area contributed by atoms with Crippen molar-refractivity contribution in [2.24, 2.45) is 16.8 Å². The Morgan fingerprint density at radius 3 is 2.64 bits per heavy atom. The van der Waals surface area contributed by atoms with Gasteiger partial charge in [-0.2, -0.15) is 0 Å². The minimum Gasteiger partial charge on any atom is -0.493 e. The van der Waals surface area contributed by atoms with E-state index in [1.165, 1.54) is 14.2 Å². The molecule has 118 valence electrons. The number of nitrogens with zero attached hydrogens (tertiary/aromatic N) is 1. The second kappa shape index (κ2) is 5.28. The number of carbonyl (C=O) groups is 1. The Labute approximate surface area is 126 Å². The zero-order valence-corrected chi connectivity index (χ0v) is 12.4. The molecular formula is C14H16N2O6. The van der Waals surface area contributed by atoms with Gasteiger partial charge < -0.3 is 29.5 Å². The number of fused-ring (bicyclic) bond motifs is 1. The van der Waals surface area contributed by atoms with Gasteiger partial charge in [-0.3, -0.25) is 4.79 Å². The quantitative estimate of drug-likeness (QED) is 0.889. The summed E-state index contributed by atoms with van der Waals surface area (Å²) >= 11 is 0. The molecule has 8 heteroatoms. The smallest absolute Gasteiger partial charge is 0.266 e. The first-order valence-electron chi connectivity index (χ1n) is 6.66. The summed E-state index contributed by atoms with van der Waals surface area (Å²) in [5, 5.41) is 3.77. The van der Waals surface area contributed by atoms with Crippen LogP contribution < -0.4 is 24.7 Å². The van der Waals surface area contributed by atoms with Gasteiger partial charge in [0.25, 0.3) is 5.91 Å². The van der Waals surface area contributed by atoms with E-state index in [2.05, 4.69) is 5.16 Å². The number of amides is 1. The van der Waals surface area contributed by atoms with Crippen LogP contribution in [0.4, 0.5) is 0 Å². The van der Waals surface area contributed by atoms with Gasteiger partial charge in [-0.05, 0) is 6.07 Å². The van der Waals surface area contributed by atoms with Crippen molar-refractivity contribution in [2.45, 2.75) is 13.0 Å². The number of methoxy groups -OCH3 is 2. The minimum atomic E-state index is -0.610. The second-order valence-electron chi connectivity index (χ2n) is 4.92. The molecule has 0 unspecified atom stereocenters. The third-order valence-corrected chi connectivity index (χ3v) is 3.72. The molecule has 3 rings (SSSR count). The highest BCUT2D eigenvalue weighted by Gasteiger charge is 2.39. The maximum absolute atomic E-state index is 11.4. The number of nitrogens with two attached hydrogens (primary N) is 1. The number of rotatable bonds is 4. The van der Waals surface area contributed by atoms with Gasteiger partial charge in [0.2, 0.25) is 18.3 Å². The van der Waals surface area contributed by atoms with Gasteiger partial charge in [0.15, 0.2) is 23.3 Å². The Hall–Kier alpha value is -2.64. The summed E-state index contributed by atoms with van der Waals surface area (Å²) in [6.07, 6.45) is -0.527. The first-order valence-corrected chi connectivity index (χ1v) is 6.66. The number of benzene rings is 1. The molecule has 2 aliphatic heterocycles. The lowest BCUT2D eigenvalue weighted by atomic mass is 9.92. The molecule has 0 saturated carbocycles. The van der Waals surface area contributed by atoms with Crippen molar-refractivity contribution in [3.63, 3.8) is 0 Å². The van der Waals surface area contributed by atoms with Gasteiger partial charge in [-0.1, -0.05) is 12.1 Å². The molecule has 0 fully saturated rings. The van der Waals surface area contributed by atoms with Crippen molar-refractivity contribution in [1.82, 2.24) is 0 Å². The van der Waals surface area contributed by atoms with Gasteiger partial charge in [-0.15, -0.1) is 0 Å². The summed E-state index contributed by atoms with van der Waals surface area (Å²) in [7, 11) is 3.04. The molecule has 1 amide bonds. The van der Waals surface area contributed by atoms with E-state index in [0.29, 0.717) is 28.6 Å². The largest absolute Gasteiger partial charge is 0.493 e. The molecule has 22 heavy (non-hydrogen) atoms. The van der Waals surface area contributed by atoms with Gasteiger partial charge in [0, 0.05) is 5.56 Å². The van der Waals surface area contributed by atoms with Gasteiger partial charge >= 0.3 is 0 Å². The van der Waals surface area contributed by atoms with E-state index >= 15 is 0 Å². The van der Waals surface area contributed by atoms with Crippen LogP contribution in [0.3, 0.4) is 0 Å². The lowest BCUT2D eigenvalue weighted by Gasteiger charge is -2.19. The molecule has 2 heterocycles. The predicted molar refractivity (Wildman–Crippen MR) is 75.3 cm³/mol. The van der Waals surface area contributed by atoms with Crippen LogP contribution in [-0.2, 0) is 9.63 Å². The average molecular weight is 308 g/mol. The first-order chi connectivity index (χ1) is 10.6. The molecule has 0 spiro atoms. The molecule has 8 nitrogen and oxygen atoms in total. The summed E-state index contributed by atoms with van der Waals surface area (Å²) in [6.45, 7) is 1.88. The van der Waals surface area contributed by atoms with E-state index in [9.17, 15) is 4.79 Å². The number of primary amides is 1. The number of ether oxygens (including phenoxy) is 4. The van der Waals surface area contributed by atoms with E-state index in [-0.39, 0.29) is 18.4 Å². The maximum Gasteiger partial charge on any atom is 0.266 e. The van der Waals surface area contributed by atoms with Crippen molar-refractivity contribution in [2.75, 3.05) is 21.0 Å². The van der Waals surface area contributed by atoms with E-state index < -0.39 is 12.0 Å². The molecule has 0 saturated heterocycles. The fraction of sp³-hybridized carbons (Fsp3) is 0.429. The Morgan fingerprint density at radius 2 is 2.05 bits per heavy atom. The van der Waals surface area contributed by atoms with Crippen LogP contribution in [0.25, 0.3) is 0 Å². The number of hydrogen-bond donors (Lipinski definition) is 1. The second-order valence-corrected chi connectivity index (χ2v) is 4.92. The lowest BCUT2D eigenvalue weighted by molar-refractivity contribution is -0.112. The Bertz CT molecular complexity index is 657. The number of oxime groups is 1. The topological polar surface area (TPSA) is 102 Å². The summed E-state index contributed by atoms with van der Waals surface area (Å²) in [6, 6.07) is 1.73. The zero-order chi connectivity index (χ0) is 15.9. The molecule has 1 aromatic carbocycles. The van der Waals surface area contributed by atoms with Crippen molar-refractivity contribution in [3.8, 4) is 23.0 Å². The Kier molecular flexibility index (Phi) is 3.44. The van der Waals surface area contributed by atoms with Crippen LogP contribution in [0.5, 0.6) is 23.0 Å². The zero-order valence-electron chi connectivity index (χ0n) is 12.4. The van der Waals surface area contributed by atoms with Crippen LogP contribution in [0.2, 0.25) is 0 Å². The molecule has 0 bridgehead atoms. The minimum absolute atomic E-state index is 0.0790. The molecule has 1 aromatic rings. The molecule has 2 aliphatic rings. The van der Waals surface area contributed by atoms with Crippen molar-refractivity contribution >= 4 is 11.6 Å². The van der Waals surface area contributed by atoms with Gasteiger partial charge in [-0.25, -0.2) is 0 Å². The van der Waals surface area contributed by atoms with Crippen LogP contribution in [0.1, 0.15) is 18.6 Å². The molecule has 0 radical (unpaired) electrons. The molecule has 0 aromatic heterocycles. The molecule has 2 N–H and O–H groups in total. The highest BCUT2D eigenvalue weighted by Crippen LogP contribution is 2.52. The number of hydrogen-bond acceptors (Lipinski definition) is 7. The average Bonchev–Trinajstić information content (AvgIpc) is 3.12. The van der Waals surface area contributed by atoms with Crippen molar-refractivity contribution in [1.29, 1.82) is 0 Å². The Morgan fingerprint density at radius 1 is 1.32 bits per heavy atom. The third kappa shape index (κ3) is 1.99. The van der Waals surface area contributed by atoms with Crippen molar-refractivity contribution in [3.05, 3.63) is 11.6 Å². The highest BCUT2D eigenvalue weighted by molar-refractivity contribution is 6.39. The normalized spacial score (nSPS) is 22.0. The standard InChI is InChI=1S/C14H16N2O6/c1-6-9(14(15)17)16-22-10(6)7-4-8(18-2)12-13(11(7)19-3)21-5-20-12/h4,6,10H,5H2,1-3H3,(H2,15,17)/t6-,10+/m1/s1. The monoisotopic (exact) mass is 308 g/mol. The fourth-order valence-electron chi connectivity index (χ4n) is 2.63. The van der Waals surface area contributed by atoms with Crippen LogP contribution in [-0.4, -0.2) is 32.6 Å². The highest BCUT2D eigenvalue weighted by atomic mass is 16.7. The lowest BCUT2D eigenvalue weighted by Crippen LogP contribution is -2.28. The molecule has 0 aliphatic carbocycles. The van der Waals surface area contributed by atoms with E-state index in [4.69, 9.17) is 29.5 Å². The third-order valence-electron chi connectivity index (χ3n) is 3.72. The Balaban J connectivity index is 2.07. The van der Waals surface area contributed by atoms with Crippen LogP contribution in [0, 0.1) is 5.92 Å². The van der Waals surface area contributed by atoms with Crippen molar-refractivity contribution < 1.29 is 28.6 Å². The van der Waals surface area contributed by atoms with E-state index in [0.717, 1.165) is 0 Å². The molecular weight excluding hydrogens is 292 g/mol. The fourth-order valence-corrected chi connectivity index (χ4v) is 2.63. The summed E-state index contributed by atoms with van der Waals surface area (Å²) in [5.74, 6) is 0.945. The maximum atomic E-state index is 11.4. The summed E-state index contributed by atoms with van der Waals surface area (Å²) in [4.78, 5) is 16.7. The van der Waals surface area contributed by atoms with Crippen LogP contribution >= 0.6 is 0 Å². The predicted octanol–water partition coefficient (Wildman–Crippen LogP) is 0.981. The van der Waals surface area contributed by atoms with E-state index in [1.807, 2.05) is 0 Å². The van der Waals surface area contributed by atoms with Crippen LogP contribution in [0.15, 0.2) is 11.2 Å². The number of carbonyl (C=O) groups excluding carboxylic acids is 1. The van der Waals surface area contributed by atoms with Gasteiger partial charge in [0.05, 0.1) is 20.1 Å². The summed E-state index contributed by atoms with van der Waals surface area (Å²) < 4.78 is 21.6. The van der Waals surface area contributed by atoms with E-state index in [1.54, 1.807) is 13.0 Å². The summed E-state index contributed by atoms with van der Waals surface area (Å²) in [5.41, 5.74) is 6.13. The first kappa shape index (κ1) is 14.3.